The minimum Gasteiger partial charge on any atom is -0.377 e. The molecule has 1 saturated carbocycles. The van der Waals surface area contributed by atoms with Crippen LogP contribution in [-0.2, 0) is 9.53 Å². The summed E-state index contributed by atoms with van der Waals surface area (Å²) in [6.45, 7) is 1.65. The maximum Gasteiger partial charge on any atom is 0.244 e. The van der Waals surface area contributed by atoms with E-state index < -0.39 is 0 Å². The van der Waals surface area contributed by atoms with E-state index in [-0.39, 0.29) is 11.9 Å². The number of halogens is 1. The lowest BCUT2D eigenvalue weighted by atomic mass is 10.2. The van der Waals surface area contributed by atoms with Crippen molar-refractivity contribution in [2.75, 3.05) is 31.7 Å². The zero-order valence-electron chi connectivity index (χ0n) is 11.3. The third-order valence-electron chi connectivity index (χ3n) is 3.61. The lowest BCUT2D eigenvalue weighted by molar-refractivity contribution is -0.124. The number of nitrogens with one attached hydrogen (secondary N) is 1. The van der Waals surface area contributed by atoms with Gasteiger partial charge in [-0.3, -0.25) is 4.79 Å². The fraction of sp³-hybridized carbons (Fsp3) is 0.615. The SMILES string of the molecule is CNC(=O)C1COCCN1c1cc(Br)nc(C2CC2)n1. The lowest BCUT2D eigenvalue weighted by Gasteiger charge is -2.35. The average Bonchev–Trinajstić information content (AvgIpc) is 3.30. The van der Waals surface area contributed by atoms with Crippen LogP contribution in [0.2, 0.25) is 0 Å². The number of morpholine rings is 1. The summed E-state index contributed by atoms with van der Waals surface area (Å²) in [5.74, 6) is 2.10. The number of hydrogen-bond acceptors (Lipinski definition) is 5. The van der Waals surface area contributed by atoms with Crippen molar-refractivity contribution in [3.8, 4) is 0 Å². The van der Waals surface area contributed by atoms with Crippen LogP contribution in [0.3, 0.4) is 0 Å². The van der Waals surface area contributed by atoms with Gasteiger partial charge in [0.2, 0.25) is 5.91 Å². The molecule has 1 aromatic rings. The summed E-state index contributed by atoms with van der Waals surface area (Å²) in [4.78, 5) is 23.0. The minimum atomic E-state index is -0.331. The standard InChI is InChI=1S/C13H17BrN4O2/c1-15-13(19)9-7-20-5-4-18(9)11-6-10(14)16-12(17-11)8-2-3-8/h6,8-9H,2-5,7H2,1H3,(H,15,19). The van der Waals surface area contributed by atoms with Crippen LogP contribution < -0.4 is 10.2 Å². The Kier molecular flexibility index (Phi) is 3.89. The Labute approximate surface area is 126 Å². The largest absolute Gasteiger partial charge is 0.377 e. The number of carbonyl (C=O) groups excluding carboxylic acids is 1. The third kappa shape index (κ3) is 2.78. The molecule has 0 spiro atoms. The molecule has 1 aliphatic heterocycles. The van der Waals surface area contributed by atoms with Gasteiger partial charge in [0, 0.05) is 25.6 Å². The maximum atomic E-state index is 12.0. The number of rotatable bonds is 3. The van der Waals surface area contributed by atoms with Crippen LogP contribution in [-0.4, -0.2) is 48.7 Å². The molecule has 0 radical (unpaired) electrons. The molecule has 7 heteroatoms. The molecule has 0 aromatic carbocycles. The molecule has 1 unspecified atom stereocenters. The van der Waals surface area contributed by atoms with Gasteiger partial charge < -0.3 is 15.0 Å². The Morgan fingerprint density at radius 1 is 1.50 bits per heavy atom. The van der Waals surface area contributed by atoms with Gasteiger partial charge >= 0.3 is 0 Å². The fourth-order valence-corrected chi connectivity index (χ4v) is 2.74. The van der Waals surface area contributed by atoms with E-state index in [1.165, 1.54) is 0 Å². The number of ether oxygens (including phenoxy) is 1. The second-order valence-electron chi connectivity index (χ2n) is 5.08. The van der Waals surface area contributed by atoms with Crippen molar-refractivity contribution in [3.63, 3.8) is 0 Å². The zero-order chi connectivity index (χ0) is 14.1. The van der Waals surface area contributed by atoms with Crippen molar-refractivity contribution >= 4 is 27.7 Å². The molecule has 3 rings (SSSR count). The first-order valence-electron chi connectivity index (χ1n) is 6.79. The van der Waals surface area contributed by atoms with E-state index in [1.807, 2.05) is 11.0 Å². The van der Waals surface area contributed by atoms with E-state index >= 15 is 0 Å². The first-order chi connectivity index (χ1) is 9.69. The second kappa shape index (κ2) is 5.65. The number of anilines is 1. The van der Waals surface area contributed by atoms with E-state index in [9.17, 15) is 4.79 Å². The molecular formula is C13H17BrN4O2. The minimum absolute atomic E-state index is 0.0487. The van der Waals surface area contributed by atoms with E-state index in [4.69, 9.17) is 4.74 Å². The van der Waals surface area contributed by atoms with Crippen LogP contribution >= 0.6 is 15.9 Å². The summed E-state index contributed by atoms with van der Waals surface area (Å²) in [5, 5.41) is 2.68. The summed E-state index contributed by atoms with van der Waals surface area (Å²) < 4.78 is 6.19. The van der Waals surface area contributed by atoms with E-state index in [2.05, 4.69) is 31.2 Å². The summed E-state index contributed by atoms with van der Waals surface area (Å²) >= 11 is 3.44. The predicted molar refractivity (Wildman–Crippen MR) is 77.7 cm³/mol. The second-order valence-corrected chi connectivity index (χ2v) is 5.89. The van der Waals surface area contributed by atoms with Gasteiger partial charge in [0.05, 0.1) is 13.2 Å². The summed E-state index contributed by atoms with van der Waals surface area (Å²) in [7, 11) is 1.64. The molecule has 1 saturated heterocycles. The number of amides is 1. The molecule has 1 aromatic heterocycles. The van der Waals surface area contributed by atoms with Gasteiger partial charge in [-0.05, 0) is 28.8 Å². The van der Waals surface area contributed by atoms with Gasteiger partial charge in [0.15, 0.2) is 0 Å². The maximum absolute atomic E-state index is 12.0. The Bertz CT molecular complexity index is 521. The number of aromatic nitrogens is 2. The molecule has 0 bridgehead atoms. The monoisotopic (exact) mass is 340 g/mol. The summed E-state index contributed by atoms with van der Waals surface area (Å²) in [6.07, 6.45) is 2.30. The van der Waals surface area contributed by atoms with Crippen molar-refractivity contribution < 1.29 is 9.53 Å². The number of hydrogen-bond donors (Lipinski definition) is 1. The van der Waals surface area contributed by atoms with Gasteiger partial charge in [0.1, 0.15) is 22.3 Å². The fourth-order valence-electron chi connectivity index (χ4n) is 2.36. The topological polar surface area (TPSA) is 67.3 Å². The van der Waals surface area contributed by atoms with Crippen molar-refractivity contribution in [1.82, 2.24) is 15.3 Å². The van der Waals surface area contributed by atoms with E-state index in [1.54, 1.807) is 7.05 Å². The highest BCUT2D eigenvalue weighted by Gasteiger charge is 2.32. The summed E-state index contributed by atoms with van der Waals surface area (Å²) in [5.41, 5.74) is 0. The Hall–Kier alpha value is -1.21. The smallest absolute Gasteiger partial charge is 0.244 e. The molecule has 6 nitrogen and oxygen atoms in total. The van der Waals surface area contributed by atoms with Crippen LogP contribution in [0.4, 0.5) is 5.82 Å². The van der Waals surface area contributed by atoms with E-state index in [0.29, 0.717) is 25.7 Å². The molecule has 2 fully saturated rings. The number of carbonyl (C=O) groups is 1. The van der Waals surface area contributed by atoms with Gasteiger partial charge in [-0.25, -0.2) is 9.97 Å². The Morgan fingerprint density at radius 3 is 3.00 bits per heavy atom. The lowest BCUT2D eigenvalue weighted by Crippen LogP contribution is -2.53. The Morgan fingerprint density at radius 2 is 2.30 bits per heavy atom. The molecule has 108 valence electrons. The first-order valence-corrected chi connectivity index (χ1v) is 7.59. The van der Waals surface area contributed by atoms with Crippen LogP contribution in [0.1, 0.15) is 24.6 Å². The molecule has 1 aliphatic carbocycles. The average molecular weight is 341 g/mol. The molecule has 1 N–H and O–H groups in total. The highest BCUT2D eigenvalue weighted by Crippen LogP contribution is 2.39. The molecule has 2 heterocycles. The van der Waals surface area contributed by atoms with Crippen LogP contribution in [0.15, 0.2) is 10.7 Å². The van der Waals surface area contributed by atoms with Crippen molar-refractivity contribution in [2.24, 2.45) is 0 Å². The quantitative estimate of drug-likeness (QED) is 0.833. The highest BCUT2D eigenvalue weighted by molar-refractivity contribution is 9.10. The van der Waals surface area contributed by atoms with Crippen molar-refractivity contribution in [3.05, 3.63) is 16.5 Å². The van der Waals surface area contributed by atoms with Crippen LogP contribution in [0, 0.1) is 0 Å². The third-order valence-corrected chi connectivity index (χ3v) is 4.02. The summed E-state index contributed by atoms with van der Waals surface area (Å²) in [6, 6.07) is 1.54. The van der Waals surface area contributed by atoms with Crippen molar-refractivity contribution in [2.45, 2.75) is 24.8 Å². The zero-order valence-corrected chi connectivity index (χ0v) is 12.9. The number of likely N-dealkylation sites (N-methyl/N-ethyl adjacent to an activating group) is 1. The van der Waals surface area contributed by atoms with Gasteiger partial charge in [-0.15, -0.1) is 0 Å². The van der Waals surface area contributed by atoms with Gasteiger partial charge in [-0.2, -0.15) is 0 Å². The van der Waals surface area contributed by atoms with Gasteiger partial charge in [0.25, 0.3) is 0 Å². The molecule has 2 aliphatic rings. The molecule has 1 amide bonds. The van der Waals surface area contributed by atoms with Crippen LogP contribution in [0.25, 0.3) is 0 Å². The first kappa shape index (κ1) is 13.8. The molecular weight excluding hydrogens is 324 g/mol. The van der Waals surface area contributed by atoms with E-state index in [0.717, 1.165) is 29.1 Å². The molecule has 20 heavy (non-hydrogen) atoms. The predicted octanol–water partition coefficient (Wildman–Crippen LogP) is 1.07. The van der Waals surface area contributed by atoms with Crippen LogP contribution in [0.5, 0.6) is 0 Å². The number of nitrogens with zero attached hydrogens (tertiary/aromatic N) is 3. The Balaban J connectivity index is 1.90. The van der Waals surface area contributed by atoms with Gasteiger partial charge in [-0.1, -0.05) is 0 Å². The molecule has 1 atom stereocenters. The van der Waals surface area contributed by atoms with Crippen molar-refractivity contribution in [1.29, 1.82) is 0 Å². The normalized spacial score (nSPS) is 22.7. The highest BCUT2D eigenvalue weighted by atomic mass is 79.9.